The van der Waals surface area contributed by atoms with Gasteiger partial charge in [-0.05, 0) is 19.5 Å². The average molecular weight is 237 g/mol. The highest BCUT2D eigenvalue weighted by Crippen LogP contribution is 2.11. The Hall–Kier alpha value is -1.95. The van der Waals surface area contributed by atoms with Crippen molar-refractivity contribution in [3.05, 3.63) is 39.9 Å². The van der Waals surface area contributed by atoms with Gasteiger partial charge < -0.3 is 10.6 Å². The standard InChI is InChI=1S/C11H15N3O3/c1-8(12-2)11(15)13-7-9-3-5-10(6-4-9)14(16)17/h3-6,8,12H,7H2,1-2H3,(H,13,15). The molecular weight excluding hydrogens is 222 g/mol. The number of amides is 1. The fourth-order valence-corrected chi connectivity index (χ4v) is 1.21. The summed E-state index contributed by atoms with van der Waals surface area (Å²) in [4.78, 5) is 21.4. The Morgan fingerprint density at radius 3 is 2.47 bits per heavy atom. The van der Waals surface area contributed by atoms with Gasteiger partial charge in [-0.1, -0.05) is 12.1 Å². The molecular formula is C11H15N3O3. The van der Waals surface area contributed by atoms with E-state index in [1.807, 2.05) is 0 Å². The summed E-state index contributed by atoms with van der Waals surface area (Å²) in [5, 5.41) is 16.0. The van der Waals surface area contributed by atoms with Crippen molar-refractivity contribution in [3.8, 4) is 0 Å². The van der Waals surface area contributed by atoms with Crippen LogP contribution >= 0.6 is 0 Å². The van der Waals surface area contributed by atoms with Crippen molar-refractivity contribution in [2.24, 2.45) is 0 Å². The van der Waals surface area contributed by atoms with Crippen LogP contribution in [0.5, 0.6) is 0 Å². The number of non-ortho nitro benzene ring substituents is 1. The Morgan fingerprint density at radius 2 is 2.00 bits per heavy atom. The van der Waals surface area contributed by atoms with Crippen molar-refractivity contribution < 1.29 is 9.72 Å². The lowest BCUT2D eigenvalue weighted by Gasteiger charge is -2.10. The minimum atomic E-state index is -0.453. The molecule has 0 aromatic heterocycles. The van der Waals surface area contributed by atoms with E-state index >= 15 is 0 Å². The lowest BCUT2D eigenvalue weighted by Crippen LogP contribution is -2.39. The summed E-state index contributed by atoms with van der Waals surface area (Å²) in [6, 6.07) is 5.84. The number of likely N-dealkylation sites (N-methyl/N-ethyl adjacent to an activating group) is 1. The molecule has 0 saturated heterocycles. The minimum Gasteiger partial charge on any atom is -0.351 e. The zero-order valence-corrected chi connectivity index (χ0v) is 9.77. The summed E-state index contributed by atoms with van der Waals surface area (Å²) >= 11 is 0. The van der Waals surface area contributed by atoms with E-state index in [2.05, 4.69) is 10.6 Å². The molecule has 92 valence electrons. The molecule has 0 aliphatic heterocycles. The van der Waals surface area contributed by atoms with Crippen LogP contribution in [0.4, 0.5) is 5.69 Å². The average Bonchev–Trinajstić information content (AvgIpc) is 2.35. The van der Waals surface area contributed by atoms with Gasteiger partial charge in [0.05, 0.1) is 11.0 Å². The van der Waals surface area contributed by atoms with Gasteiger partial charge >= 0.3 is 0 Å². The van der Waals surface area contributed by atoms with E-state index in [0.29, 0.717) is 6.54 Å². The second-order valence-corrected chi connectivity index (χ2v) is 3.65. The van der Waals surface area contributed by atoms with Gasteiger partial charge in [-0.3, -0.25) is 14.9 Å². The molecule has 0 radical (unpaired) electrons. The van der Waals surface area contributed by atoms with Crippen LogP contribution in [0.3, 0.4) is 0 Å². The van der Waals surface area contributed by atoms with E-state index in [-0.39, 0.29) is 17.6 Å². The van der Waals surface area contributed by atoms with Gasteiger partial charge in [-0.25, -0.2) is 0 Å². The number of nitrogens with zero attached hydrogens (tertiary/aromatic N) is 1. The van der Waals surface area contributed by atoms with Crippen molar-refractivity contribution in [1.82, 2.24) is 10.6 Å². The molecule has 17 heavy (non-hydrogen) atoms. The normalized spacial score (nSPS) is 11.9. The number of carbonyl (C=O) groups is 1. The van der Waals surface area contributed by atoms with Crippen LogP contribution in [0.25, 0.3) is 0 Å². The third-order valence-corrected chi connectivity index (χ3v) is 2.44. The van der Waals surface area contributed by atoms with Crippen LogP contribution < -0.4 is 10.6 Å². The third kappa shape index (κ3) is 3.84. The highest BCUT2D eigenvalue weighted by molar-refractivity contribution is 5.81. The van der Waals surface area contributed by atoms with Gasteiger partial charge in [0, 0.05) is 18.7 Å². The summed E-state index contributed by atoms with van der Waals surface area (Å²) in [6.07, 6.45) is 0. The van der Waals surface area contributed by atoms with E-state index in [1.165, 1.54) is 12.1 Å². The second-order valence-electron chi connectivity index (χ2n) is 3.65. The van der Waals surface area contributed by atoms with Crippen LogP contribution in [-0.2, 0) is 11.3 Å². The molecule has 6 nitrogen and oxygen atoms in total. The fraction of sp³-hybridized carbons (Fsp3) is 0.364. The largest absolute Gasteiger partial charge is 0.351 e. The molecule has 2 N–H and O–H groups in total. The third-order valence-electron chi connectivity index (χ3n) is 2.44. The van der Waals surface area contributed by atoms with Gasteiger partial charge in [-0.2, -0.15) is 0 Å². The molecule has 0 saturated carbocycles. The van der Waals surface area contributed by atoms with Gasteiger partial charge in [0.2, 0.25) is 5.91 Å². The van der Waals surface area contributed by atoms with Crippen LogP contribution in [0, 0.1) is 10.1 Å². The lowest BCUT2D eigenvalue weighted by atomic mass is 10.2. The number of benzene rings is 1. The van der Waals surface area contributed by atoms with E-state index in [1.54, 1.807) is 26.1 Å². The monoisotopic (exact) mass is 237 g/mol. The molecule has 1 rings (SSSR count). The quantitative estimate of drug-likeness (QED) is 0.586. The Kier molecular flexibility index (Phi) is 4.59. The molecule has 1 amide bonds. The van der Waals surface area contributed by atoms with E-state index < -0.39 is 4.92 Å². The molecule has 0 spiro atoms. The predicted molar refractivity (Wildman–Crippen MR) is 63.5 cm³/mol. The van der Waals surface area contributed by atoms with E-state index in [4.69, 9.17) is 0 Å². The summed E-state index contributed by atoms with van der Waals surface area (Å²) in [6.45, 7) is 2.12. The number of hydrogen-bond donors (Lipinski definition) is 2. The highest BCUT2D eigenvalue weighted by Gasteiger charge is 2.09. The smallest absolute Gasteiger partial charge is 0.269 e. The molecule has 1 aromatic carbocycles. The van der Waals surface area contributed by atoms with Crippen molar-refractivity contribution in [2.45, 2.75) is 19.5 Å². The Morgan fingerprint density at radius 1 is 1.41 bits per heavy atom. The summed E-state index contributed by atoms with van der Waals surface area (Å²) in [5.41, 5.74) is 0.871. The molecule has 0 fully saturated rings. The molecule has 1 unspecified atom stereocenters. The Balaban J connectivity index is 2.53. The molecule has 1 aromatic rings. The lowest BCUT2D eigenvalue weighted by molar-refractivity contribution is -0.384. The van der Waals surface area contributed by atoms with Crippen molar-refractivity contribution in [3.63, 3.8) is 0 Å². The summed E-state index contributed by atoms with van der Waals surface area (Å²) in [5.74, 6) is -0.106. The van der Waals surface area contributed by atoms with Gasteiger partial charge in [0.1, 0.15) is 0 Å². The molecule has 1 atom stereocenters. The number of carbonyl (C=O) groups excluding carboxylic acids is 1. The Labute approximate surface area is 99.2 Å². The zero-order valence-electron chi connectivity index (χ0n) is 9.77. The first-order valence-electron chi connectivity index (χ1n) is 5.23. The van der Waals surface area contributed by atoms with E-state index in [9.17, 15) is 14.9 Å². The van der Waals surface area contributed by atoms with Gasteiger partial charge in [0.15, 0.2) is 0 Å². The minimum absolute atomic E-state index is 0.0451. The van der Waals surface area contributed by atoms with Crippen molar-refractivity contribution in [2.75, 3.05) is 7.05 Å². The highest BCUT2D eigenvalue weighted by atomic mass is 16.6. The maximum atomic E-state index is 11.4. The Bertz CT molecular complexity index is 403. The van der Waals surface area contributed by atoms with Crippen LogP contribution in [-0.4, -0.2) is 23.9 Å². The molecule has 0 aliphatic carbocycles. The molecule has 0 aliphatic rings. The van der Waals surface area contributed by atoms with Gasteiger partial charge in [0.25, 0.3) is 5.69 Å². The fourth-order valence-electron chi connectivity index (χ4n) is 1.21. The maximum Gasteiger partial charge on any atom is 0.269 e. The molecule has 6 heteroatoms. The summed E-state index contributed by atoms with van der Waals surface area (Å²) < 4.78 is 0. The molecule has 0 heterocycles. The van der Waals surface area contributed by atoms with Crippen LogP contribution in [0.1, 0.15) is 12.5 Å². The number of hydrogen-bond acceptors (Lipinski definition) is 4. The van der Waals surface area contributed by atoms with Crippen molar-refractivity contribution in [1.29, 1.82) is 0 Å². The first-order valence-corrected chi connectivity index (χ1v) is 5.23. The first-order chi connectivity index (χ1) is 8.04. The van der Waals surface area contributed by atoms with E-state index in [0.717, 1.165) is 5.56 Å². The predicted octanol–water partition coefficient (Wildman–Crippen LogP) is 0.819. The summed E-state index contributed by atoms with van der Waals surface area (Å²) in [7, 11) is 1.70. The number of rotatable bonds is 5. The van der Waals surface area contributed by atoms with Crippen LogP contribution in [0.2, 0.25) is 0 Å². The molecule has 0 bridgehead atoms. The SMILES string of the molecule is CNC(C)C(=O)NCc1ccc([N+](=O)[O-])cc1. The topological polar surface area (TPSA) is 84.3 Å². The number of nitro benzene ring substituents is 1. The second kappa shape index (κ2) is 5.95. The zero-order chi connectivity index (χ0) is 12.8. The van der Waals surface area contributed by atoms with Gasteiger partial charge in [-0.15, -0.1) is 0 Å². The number of nitro groups is 1. The van der Waals surface area contributed by atoms with Crippen LogP contribution in [0.15, 0.2) is 24.3 Å². The maximum absolute atomic E-state index is 11.4. The number of nitrogens with one attached hydrogen (secondary N) is 2. The first kappa shape index (κ1) is 13.1. The van der Waals surface area contributed by atoms with Crippen molar-refractivity contribution >= 4 is 11.6 Å².